The van der Waals surface area contributed by atoms with Crippen LogP contribution in [0.4, 0.5) is 24.5 Å². The number of anilines is 2. The number of rotatable bonds is 4. The van der Waals surface area contributed by atoms with E-state index < -0.39 is 21.8 Å². The SMILES string of the molecule is Cc1cc(S(=O)(=O)Nc2ccc(C(F)(F)F)cc2)ccc1N1CCCC1=O. The maximum Gasteiger partial charge on any atom is 0.416 e. The van der Waals surface area contributed by atoms with Gasteiger partial charge in [-0.05, 0) is 61.4 Å². The second kappa shape index (κ2) is 6.88. The molecule has 144 valence electrons. The van der Waals surface area contributed by atoms with Gasteiger partial charge < -0.3 is 4.90 Å². The van der Waals surface area contributed by atoms with E-state index in [2.05, 4.69) is 4.72 Å². The molecule has 1 saturated heterocycles. The maximum absolute atomic E-state index is 12.6. The van der Waals surface area contributed by atoms with Crippen LogP contribution in [0.3, 0.4) is 0 Å². The highest BCUT2D eigenvalue weighted by atomic mass is 32.2. The van der Waals surface area contributed by atoms with Gasteiger partial charge in [-0.2, -0.15) is 13.2 Å². The van der Waals surface area contributed by atoms with E-state index in [9.17, 15) is 26.4 Å². The number of halogens is 3. The standard InChI is InChI=1S/C18H17F3N2O3S/c1-12-11-15(8-9-16(12)23-10-2-3-17(23)24)27(25,26)22-14-6-4-13(5-7-14)18(19,20)21/h4-9,11,22H,2-3,10H2,1H3. The summed E-state index contributed by atoms with van der Waals surface area (Å²) in [6.07, 6.45) is -3.26. The first kappa shape index (κ1) is 19.2. The minimum absolute atomic E-state index is 0.00316. The van der Waals surface area contributed by atoms with E-state index in [4.69, 9.17) is 0 Å². The molecule has 2 aromatic rings. The number of aryl methyl sites for hydroxylation is 1. The van der Waals surface area contributed by atoms with E-state index in [0.29, 0.717) is 24.2 Å². The highest BCUT2D eigenvalue weighted by molar-refractivity contribution is 7.92. The van der Waals surface area contributed by atoms with Crippen molar-refractivity contribution in [3.63, 3.8) is 0 Å². The van der Waals surface area contributed by atoms with Gasteiger partial charge in [-0.3, -0.25) is 9.52 Å². The lowest BCUT2D eigenvalue weighted by Gasteiger charge is -2.19. The molecular weight excluding hydrogens is 381 g/mol. The molecule has 1 amide bonds. The number of hydrogen-bond acceptors (Lipinski definition) is 3. The number of amides is 1. The highest BCUT2D eigenvalue weighted by Gasteiger charge is 2.30. The summed E-state index contributed by atoms with van der Waals surface area (Å²) in [5.74, 6) is -0.00316. The molecule has 1 heterocycles. The molecule has 27 heavy (non-hydrogen) atoms. The van der Waals surface area contributed by atoms with Gasteiger partial charge in [0, 0.05) is 24.3 Å². The van der Waals surface area contributed by atoms with Crippen molar-refractivity contribution in [3.05, 3.63) is 53.6 Å². The van der Waals surface area contributed by atoms with E-state index in [1.807, 2.05) is 0 Å². The number of hydrogen-bond donors (Lipinski definition) is 1. The molecule has 2 aromatic carbocycles. The van der Waals surface area contributed by atoms with Gasteiger partial charge in [0.2, 0.25) is 5.91 Å². The monoisotopic (exact) mass is 398 g/mol. The third-order valence-electron chi connectivity index (χ3n) is 4.31. The topological polar surface area (TPSA) is 66.5 Å². The van der Waals surface area contributed by atoms with Crippen molar-refractivity contribution in [2.45, 2.75) is 30.8 Å². The zero-order chi connectivity index (χ0) is 19.8. The second-order valence-corrected chi connectivity index (χ2v) is 7.96. The molecule has 0 unspecified atom stereocenters. The van der Waals surface area contributed by atoms with E-state index in [1.165, 1.54) is 12.1 Å². The maximum atomic E-state index is 12.6. The molecule has 0 aromatic heterocycles. The van der Waals surface area contributed by atoms with Gasteiger partial charge in [-0.1, -0.05) is 0 Å². The molecule has 1 aliphatic heterocycles. The second-order valence-electron chi connectivity index (χ2n) is 6.28. The fourth-order valence-corrected chi connectivity index (χ4v) is 4.09. The number of alkyl halides is 3. The number of nitrogens with one attached hydrogen (secondary N) is 1. The molecule has 1 N–H and O–H groups in total. The number of carbonyl (C=O) groups excluding carboxylic acids is 1. The predicted octanol–water partition coefficient (Wildman–Crippen LogP) is 3.94. The minimum Gasteiger partial charge on any atom is -0.312 e. The Balaban J connectivity index is 1.82. The molecule has 3 rings (SSSR count). The van der Waals surface area contributed by atoms with Gasteiger partial charge in [0.05, 0.1) is 10.5 Å². The van der Waals surface area contributed by atoms with Crippen molar-refractivity contribution in [1.82, 2.24) is 0 Å². The van der Waals surface area contributed by atoms with Gasteiger partial charge in [-0.25, -0.2) is 8.42 Å². The number of sulfonamides is 1. The lowest BCUT2D eigenvalue weighted by atomic mass is 10.2. The van der Waals surface area contributed by atoms with Crippen LogP contribution in [-0.4, -0.2) is 20.9 Å². The average Bonchev–Trinajstić information content (AvgIpc) is 3.00. The summed E-state index contributed by atoms with van der Waals surface area (Å²) >= 11 is 0. The summed E-state index contributed by atoms with van der Waals surface area (Å²) in [4.78, 5) is 13.5. The van der Waals surface area contributed by atoms with Crippen molar-refractivity contribution in [3.8, 4) is 0 Å². The smallest absolute Gasteiger partial charge is 0.312 e. The summed E-state index contributed by atoms with van der Waals surface area (Å²) in [5.41, 5.74) is 0.451. The molecule has 0 saturated carbocycles. The van der Waals surface area contributed by atoms with E-state index in [-0.39, 0.29) is 16.5 Å². The van der Waals surface area contributed by atoms with Crippen LogP contribution in [0.5, 0.6) is 0 Å². The van der Waals surface area contributed by atoms with Gasteiger partial charge in [0.1, 0.15) is 0 Å². The molecule has 5 nitrogen and oxygen atoms in total. The van der Waals surface area contributed by atoms with Gasteiger partial charge in [-0.15, -0.1) is 0 Å². The number of nitrogens with zero attached hydrogens (tertiary/aromatic N) is 1. The average molecular weight is 398 g/mol. The third-order valence-corrected chi connectivity index (χ3v) is 5.69. The van der Waals surface area contributed by atoms with Crippen LogP contribution in [-0.2, 0) is 21.0 Å². The van der Waals surface area contributed by atoms with Crippen molar-refractivity contribution >= 4 is 27.3 Å². The summed E-state index contributed by atoms with van der Waals surface area (Å²) in [6.45, 7) is 2.30. The molecule has 0 aliphatic carbocycles. The van der Waals surface area contributed by atoms with Gasteiger partial charge in [0.15, 0.2) is 0 Å². The molecule has 0 spiro atoms. The predicted molar refractivity (Wildman–Crippen MR) is 95.0 cm³/mol. The van der Waals surface area contributed by atoms with E-state index >= 15 is 0 Å². The lowest BCUT2D eigenvalue weighted by Crippen LogP contribution is -2.24. The first-order valence-corrected chi connectivity index (χ1v) is 9.67. The Kier molecular flexibility index (Phi) is 4.90. The van der Waals surface area contributed by atoms with Crippen LogP contribution in [0.2, 0.25) is 0 Å². The quantitative estimate of drug-likeness (QED) is 0.848. The molecule has 0 bridgehead atoms. The Morgan fingerprint density at radius 1 is 1.07 bits per heavy atom. The van der Waals surface area contributed by atoms with Crippen LogP contribution < -0.4 is 9.62 Å². The Morgan fingerprint density at radius 2 is 1.74 bits per heavy atom. The van der Waals surface area contributed by atoms with Gasteiger partial charge in [0.25, 0.3) is 10.0 Å². The summed E-state index contributed by atoms with van der Waals surface area (Å²) in [5, 5.41) is 0. The zero-order valence-electron chi connectivity index (χ0n) is 14.4. The zero-order valence-corrected chi connectivity index (χ0v) is 15.2. The summed E-state index contributed by atoms with van der Waals surface area (Å²) < 4.78 is 65.1. The van der Waals surface area contributed by atoms with Crippen LogP contribution in [0.1, 0.15) is 24.0 Å². The van der Waals surface area contributed by atoms with Crippen molar-refractivity contribution in [1.29, 1.82) is 0 Å². The van der Waals surface area contributed by atoms with Crippen molar-refractivity contribution in [2.24, 2.45) is 0 Å². The Morgan fingerprint density at radius 3 is 2.26 bits per heavy atom. The first-order valence-electron chi connectivity index (χ1n) is 8.19. The van der Waals surface area contributed by atoms with Crippen LogP contribution in [0.25, 0.3) is 0 Å². The third kappa shape index (κ3) is 4.08. The van der Waals surface area contributed by atoms with Crippen LogP contribution >= 0.6 is 0 Å². The molecule has 0 atom stereocenters. The summed E-state index contributed by atoms with van der Waals surface area (Å²) in [7, 11) is -3.97. The largest absolute Gasteiger partial charge is 0.416 e. The molecule has 1 fully saturated rings. The number of benzene rings is 2. The number of carbonyl (C=O) groups is 1. The lowest BCUT2D eigenvalue weighted by molar-refractivity contribution is -0.137. The summed E-state index contributed by atoms with van der Waals surface area (Å²) in [6, 6.07) is 8.12. The van der Waals surface area contributed by atoms with Crippen LogP contribution in [0, 0.1) is 6.92 Å². The fraction of sp³-hybridized carbons (Fsp3) is 0.278. The Bertz CT molecular complexity index is 970. The molecular formula is C18H17F3N2O3S. The van der Waals surface area contributed by atoms with Gasteiger partial charge >= 0.3 is 6.18 Å². The van der Waals surface area contributed by atoms with Crippen LogP contribution in [0.15, 0.2) is 47.4 Å². The fourth-order valence-electron chi connectivity index (χ4n) is 2.94. The Labute approximate surface area is 154 Å². The molecule has 9 heteroatoms. The molecule has 1 aliphatic rings. The minimum atomic E-state index is -4.49. The first-order chi connectivity index (χ1) is 12.6. The normalized spacial score (nSPS) is 15.3. The molecule has 0 radical (unpaired) electrons. The Hall–Kier alpha value is -2.55. The van der Waals surface area contributed by atoms with Crippen molar-refractivity contribution < 1.29 is 26.4 Å². The highest BCUT2D eigenvalue weighted by Crippen LogP contribution is 2.31. The van der Waals surface area contributed by atoms with E-state index in [0.717, 1.165) is 30.7 Å². The van der Waals surface area contributed by atoms with Crippen molar-refractivity contribution in [2.75, 3.05) is 16.2 Å². The van der Waals surface area contributed by atoms with E-state index in [1.54, 1.807) is 17.9 Å².